The quantitative estimate of drug-likeness (QED) is 0.733. The summed E-state index contributed by atoms with van der Waals surface area (Å²) >= 11 is 0. The minimum Gasteiger partial charge on any atom is -0.493 e. The summed E-state index contributed by atoms with van der Waals surface area (Å²) < 4.78 is 12.0. The lowest BCUT2D eigenvalue weighted by Gasteiger charge is -2.07. The lowest BCUT2D eigenvalue weighted by atomic mass is 10.2. The van der Waals surface area contributed by atoms with Crippen molar-refractivity contribution in [3.05, 3.63) is 60.3 Å². The van der Waals surface area contributed by atoms with Crippen LogP contribution in [0.2, 0.25) is 0 Å². The van der Waals surface area contributed by atoms with Gasteiger partial charge in [0.2, 0.25) is 5.95 Å². The van der Waals surface area contributed by atoms with Gasteiger partial charge in [0.05, 0.1) is 32.3 Å². The van der Waals surface area contributed by atoms with E-state index in [0.29, 0.717) is 17.4 Å². The molecule has 0 saturated heterocycles. The second-order valence-corrected chi connectivity index (χ2v) is 5.05. The number of methoxy groups -OCH3 is 2. The largest absolute Gasteiger partial charge is 0.493 e. The van der Waals surface area contributed by atoms with Gasteiger partial charge in [-0.05, 0) is 23.8 Å². The Labute approximate surface area is 140 Å². The van der Waals surface area contributed by atoms with Gasteiger partial charge in [0.25, 0.3) is 0 Å². The molecule has 0 aliphatic carbocycles. The van der Waals surface area contributed by atoms with Crippen molar-refractivity contribution in [3.8, 4) is 22.8 Å². The molecule has 6 heteroatoms. The van der Waals surface area contributed by atoms with Crippen molar-refractivity contribution in [1.82, 2.24) is 9.66 Å². The zero-order valence-electron chi connectivity index (χ0n) is 13.5. The normalized spacial score (nSPS) is 10.9. The molecule has 0 amide bonds. The van der Waals surface area contributed by atoms with E-state index in [0.717, 1.165) is 16.8 Å². The molecule has 0 aliphatic rings. The summed E-state index contributed by atoms with van der Waals surface area (Å²) in [4.78, 5) is 4.34. The molecular formula is C18H18N4O2. The van der Waals surface area contributed by atoms with Gasteiger partial charge in [-0.2, -0.15) is 5.10 Å². The summed E-state index contributed by atoms with van der Waals surface area (Å²) in [6.45, 7) is 0. The fraction of sp³-hybridized carbons (Fsp3) is 0.111. The van der Waals surface area contributed by atoms with E-state index in [2.05, 4.69) is 10.1 Å². The molecule has 0 unspecified atom stereocenters. The Kier molecular flexibility index (Phi) is 4.47. The first-order valence-corrected chi connectivity index (χ1v) is 7.38. The van der Waals surface area contributed by atoms with Gasteiger partial charge in [0, 0.05) is 5.56 Å². The minimum absolute atomic E-state index is 0.325. The molecule has 2 N–H and O–H groups in total. The summed E-state index contributed by atoms with van der Waals surface area (Å²) in [5.41, 5.74) is 8.57. The Hall–Kier alpha value is -3.28. The topological polar surface area (TPSA) is 74.7 Å². The molecule has 122 valence electrons. The maximum atomic E-state index is 5.94. The van der Waals surface area contributed by atoms with Crippen LogP contribution in [-0.4, -0.2) is 30.1 Å². The number of imidazole rings is 1. The molecule has 0 radical (unpaired) electrons. The third-order valence-corrected chi connectivity index (χ3v) is 3.52. The Bertz CT molecular complexity index is 857. The van der Waals surface area contributed by atoms with Gasteiger partial charge in [-0.3, -0.25) is 0 Å². The van der Waals surface area contributed by atoms with Gasteiger partial charge in [0.1, 0.15) is 0 Å². The van der Waals surface area contributed by atoms with Crippen LogP contribution >= 0.6 is 0 Å². The number of ether oxygens (including phenoxy) is 2. The first-order valence-electron chi connectivity index (χ1n) is 7.38. The van der Waals surface area contributed by atoms with Crippen molar-refractivity contribution >= 4 is 12.2 Å². The van der Waals surface area contributed by atoms with E-state index in [4.69, 9.17) is 15.2 Å². The van der Waals surface area contributed by atoms with Crippen molar-refractivity contribution in [2.45, 2.75) is 0 Å². The Balaban J connectivity index is 1.86. The highest BCUT2D eigenvalue weighted by molar-refractivity contribution is 5.81. The number of hydrogen-bond acceptors (Lipinski definition) is 5. The van der Waals surface area contributed by atoms with Crippen molar-refractivity contribution in [2.24, 2.45) is 5.10 Å². The van der Waals surface area contributed by atoms with Crippen LogP contribution in [0.1, 0.15) is 5.56 Å². The van der Waals surface area contributed by atoms with Gasteiger partial charge in [0.15, 0.2) is 11.5 Å². The zero-order valence-corrected chi connectivity index (χ0v) is 13.5. The third kappa shape index (κ3) is 3.22. The summed E-state index contributed by atoms with van der Waals surface area (Å²) in [6, 6.07) is 15.4. The smallest absolute Gasteiger partial charge is 0.221 e. The number of hydrogen-bond donors (Lipinski definition) is 1. The van der Waals surface area contributed by atoms with E-state index in [-0.39, 0.29) is 0 Å². The van der Waals surface area contributed by atoms with E-state index >= 15 is 0 Å². The lowest BCUT2D eigenvalue weighted by molar-refractivity contribution is 0.355. The maximum Gasteiger partial charge on any atom is 0.221 e. The van der Waals surface area contributed by atoms with Crippen LogP contribution in [0.3, 0.4) is 0 Å². The molecule has 2 aromatic carbocycles. The standard InChI is InChI=1S/C18H18N4O2/c1-23-16-9-8-13(10-17(16)24-2)11-20-22-12-15(21-18(22)19)14-6-4-3-5-7-14/h3-12H,1-2H3,(H2,19,21). The molecule has 0 spiro atoms. The summed E-state index contributed by atoms with van der Waals surface area (Å²) in [6.07, 6.45) is 3.48. The SMILES string of the molecule is COc1ccc(C=Nn2cc(-c3ccccc3)nc2N)cc1OC. The van der Waals surface area contributed by atoms with Gasteiger partial charge in [-0.25, -0.2) is 9.66 Å². The highest BCUT2D eigenvalue weighted by Gasteiger charge is 2.06. The fourth-order valence-electron chi connectivity index (χ4n) is 2.29. The Morgan fingerprint density at radius 3 is 2.50 bits per heavy atom. The number of anilines is 1. The molecule has 1 heterocycles. The van der Waals surface area contributed by atoms with Crippen molar-refractivity contribution in [2.75, 3.05) is 20.0 Å². The first-order chi connectivity index (χ1) is 11.7. The lowest BCUT2D eigenvalue weighted by Crippen LogP contribution is -1.97. The molecule has 0 fully saturated rings. The van der Waals surface area contributed by atoms with Crippen molar-refractivity contribution in [1.29, 1.82) is 0 Å². The van der Waals surface area contributed by atoms with Crippen LogP contribution in [0.25, 0.3) is 11.3 Å². The van der Waals surface area contributed by atoms with Crippen LogP contribution in [-0.2, 0) is 0 Å². The zero-order chi connectivity index (χ0) is 16.9. The summed E-state index contributed by atoms with van der Waals surface area (Å²) in [5, 5.41) is 4.36. The van der Waals surface area contributed by atoms with Crippen molar-refractivity contribution in [3.63, 3.8) is 0 Å². The van der Waals surface area contributed by atoms with Crippen LogP contribution in [0, 0.1) is 0 Å². The molecule has 3 rings (SSSR count). The molecule has 0 aliphatic heterocycles. The van der Waals surface area contributed by atoms with E-state index < -0.39 is 0 Å². The number of rotatable bonds is 5. The molecule has 0 atom stereocenters. The third-order valence-electron chi connectivity index (χ3n) is 3.52. The molecule has 1 aromatic heterocycles. The van der Waals surface area contributed by atoms with E-state index in [9.17, 15) is 0 Å². The molecule has 3 aromatic rings. The minimum atomic E-state index is 0.325. The number of nitrogens with zero attached hydrogens (tertiary/aromatic N) is 3. The maximum absolute atomic E-state index is 5.94. The highest BCUT2D eigenvalue weighted by Crippen LogP contribution is 2.27. The predicted octanol–water partition coefficient (Wildman–Crippen LogP) is 3.03. The van der Waals surface area contributed by atoms with Crippen LogP contribution in [0.5, 0.6) is 11.5 Å². The van der Waals surface area contributed by atoms with E-state index in [1.165, 1.54) is 0 Å². The Morgan fingerprint density at radius 1 is 1.04 bits per heavy atom. The van der Waals surface area contributed by atoms with Gasteiger partial charge < -0.3 is 15.2 Å². The highest BCUT2D eigenvalue weighted by atomic mass is 16.5. The molecule has 0 saturated carbocycles. The number of aromatic nitrogens is 2. The van der Waals surface area contributed by atoms with Gasteiger partial charge in [-0.1, -0.05) is 30.3 Å². The van der Waals surface area contributed by atoms with Crippen LogP contribution in [0.15, 0.2) is 59.8 Å². The molecule has 24 heavy (non-hydrogen) atoms. The van der Waals surface area contributed by atoms with Crippen LogP contribution in [0.4, 0.5) is 5.95 Å². The number of benzene rings is 2. The monoisotopic (exact) mass is 322 g/mol. The number of nitrogen functional groups attached to an aromatic ring is 1. The number of nitrogens with two attached hydrogens (primary N) is 1. The van der Waals surface area contributed by atoms with Crippen LogP contribution < -0.4 is 15.2 Å². The average molecular weight is 322 g/mol. The summed E-state index contributed by atoms with van der Waals surface area (Å²) in [7, 11) is 3.20. The van der Waals surface area contributed by atoms with E-state index in [1.54, 1.807) is 31.3 Å². The average Bonchev–Trinajstić information content (AvgIpc) is 3.01. The predicted molar refractivity (Wildman–Crippen MR) is 94.6 cm³/mol. The second-order valence-electron chi connectivity index (χ2n) is 5.05. The second kappa shape index (κ2) is 6.87. The first kappa shape index (κ1) is 15.6. The Morgan fingerprint density at radius 2 is 1.79 bits per heavy atom. The van der Waals surface area contributed by atoms with Crippen molar-refractivity contribution < 1.29 is 9.47 Å². The summed E-state index contributed by atoms with van der Waals surface area (Å²) in [5.74, 6) is 1.64. The molecule has 0 bridgehead atoms. The fourth-order valence-corrected chi connectivity index (χ4v) is 2.29. The molecule has 6 nitrogen and oxygen atoms in total. The van der Waals surface area contributed by atoms with Gasteiger partial charge >= 0.3 is 0 Å². The van der Waals surface area contributed by atoms with Gasteiger partial charge in [-0.15, -0.1) is 0 Å². The van der Waals surface area contributed by atoms with E-state index in [1.807, 2.05) is 48.5 Å². The molecular weight excluding hydrogens is 304 g/mol.